The second-order valence-electron chi connectivity index (χ2n) is 6.09. The fourth-order valence-corrected chi connectivity index (χ4v) is 4.05. The van der Waals surface area contributed by atoms with E-state index in [2.05, 4.69) is 38.7 Å². The first-order chi connectivity index (χ1) is 11.3. The van der Waals surface area contributed by atoms with Crippen LogP contribution in [0.2, 0.25) is 0 Å². The maximum Gasteiger partial charge on any atom is 0.307 e. The first-order valence-corrected chi connectivity index (χ1v) is 8.78. The summed E-state index contributed by atoms with van der Waals surface area (Å²) >= 11 is 3.61. The molecule has 1 aliphatic rings. The fraction of sp³-hybridized carbons (Fsp3) is 0.211. The van der Waals surface area contributed by atoms with Crippen LogP contribution in [-0.4, -0.2) is 9.55 Å². The Bertz CT molecular complexity index is 1010. The quantitative estimate of drug-likeness (QED) is 0.450. The van der Waals surface area contributed by atoms with Gasteiger partial charge < -0.3 is 4.42 Å². The van der Waals surface area contributed by atoms with Gasteiger partial charge in [-0.25, -0.2) is 0 Å². The first-order valence-electron chi connectivity index (χ1n) is 7.99. The van der Waals surface area contributed by atoms with Gasteiger partial charge in [-0.05, 0) is 61.6 Å². The number of oxazole rings is 1. The highest BCUT2D eigenvalue weighted by Gasteiger charge is 2.23. The molecule has 2 heterocycles. The van der Waals surface area contributed by atoms with Crippen molar-refractivity contribution < 1.29 is 4.42 Å². The number of rotatable bonds is 1. The molecule has 4 heteroatoms. The van der Waals surface area contributed by atoms with Crippen molar-refractivity contribution in [3.05, 3.63) is 58.2 Å². The van der Waals surface area contributed by atoms with Gasteiger partial charge in [0.2, 0.25) is 0 Å². The predicted octanol–water partition coefficient (Wildman–Crippen LogP) is 5.41. The zero-order valence-corrected chi connectivity index (χ0v) is 14.1. The molecule has 2 aromatic heterocycles. The van der Waals surface area contributed by atoms with E-state index < -0.39 is 0 Å². The predicted molar refractivity (Wildman–Crippen MR) is 95.2 cm³/mol. The Morgan fingerprint density at radius 1 is 1.04 bits per heavy atom. The van der Waals surface area contributed by atoms with E-state index in [1.54, 1.807) is 0 Å². The van der Waals surface area contributed by atoms with Crippen molar-refractivity contribution in [1.82, 2.24) is 9.55 Å². The smallest absolute Gasteiger partial charge is 0.307 e. The average Bonchev–Trinajstić information content (AvgIpc) is 3.13. The molecule has 114 valence electrons. The Hall–Kier alpha value is -2.07. The molecule has 1 aliphatic carbocycles. The minimum absolute atomic E-state index is 0.682. The minimum atomic E-state index is 0.682. The van der Waals surface area contributed by atoms with Crippen LogP contribution < -0.4 is 0 Å². The van der Waals surface area contributed by atoms with E-state index in [0.717, 1.165) is 28.4 Å². The molecule has 0 aliphatic heterocycles. The first kappa shape index (κ1) is 13.4. The van der Waals surface area contributed by atoms with E-state index in [1.165, 1.54) is 35.0 Å². The summed E-state index contributed by atoms with van der Waals surface area (Å²) in [6.45, 7) is 0. The third-order valence-corrected chi connectivity index (χ3v) is 5.20. The van der Waals surface area contributed by atoms with Gasteiger partial charge in [-0.1, -0.05) is 28.1 Å². The molecule has 2 aromatic carbocycles. The molecule has 0 atom stereocenters. The third-order valence-electron chi connectivity index (χ3n) is 4.71. The molecule has 0 fully saturated rings. The number of hydrogen-bond acceptors (Lipinski definition) is 2. The average molecular weight is 367 g/mol. The lowest BCUT2D eigenvalue weighted by molar-refractivity contribution is 0.554. The summed E-state index contributed by atoms with van der Waals surface area (Å²) in [4.78, 5) is 4.72. The molecular formula is C19H15BrN2O. The monoisotopic (exact) mass is 366 g/mol. The summed E-state index contributed by atoms with van der Waals surface area (Å²) in [7, 11) is 0. The number of hydrogen-bond donors (Lipinski definition) is 0. The van der Waals surface area contributed by atoms with Crippen LogP contribution >= 0.6 is 15.9 Å². The van der Waals surface area contributed by atoms with Gasteiger partial charge in [0, 0.05) is 15.6 Å². The van der Waals surface area contributed by atoms with Gasteiger partial charge >= 0.3 is 6.01 Å². The molecule has 0 bridgehead atoms. The van der Waals surface area contributed by atoms with Crippen molar-refractivity contribution in [1.29, 1.82) is 0 Å². The number of benzene rings is 2. The number of fused-ring (bicyclic) bond motifs is 4. The molecule has 0 radical (unpaired) electrons. The lowest BCUT2D eigenvalue weighted by atomic mass is 9.96. The van der Waals surface area contributed by atoms with Crippen molar-refractivity contribution >= 4 is 37.9 Å². The molecule has 0 N–H and O–H groups in total. The largest absolute Gasteiger partial charge is 0.423 e. The molecule has 3 nitrogen and oxygen atoms in total. The fourth-order valence-electron chi connectivity index (χ4n) is 3.69. The maximum absolute atomic E-state index is 6.06. The minimum Gasteiger partial charge on any atom is -0.423 e. The van der Waals surface area contributed by atoms with E-state index in [1.807, 2.05) is 24.3 Å². The highest BCUT2D eigenvalue weighted by molar-refractivity contribution is 9.10. The van der Waals surface area contributed by atoms with Gasteiger partial charge in [0.1, 0.15) is 5.52 Å². The van der Waals surface area contributed by atoms with Gasteiger partial charge in [-0.15, -0.1) is 0 Å². The van der Waals surface area contributed by atoms with Crippen LogP contribution in [0.3, 0.4) is 0 Å². The zero-order valence-electron chi connectivity index (χ0n) is 12.6. The third kappa shape index (κ3) is 1.98. The number of nitrogens with zero attached hydrogens (tertiary/aromatic N) is 2. The van der Waals surface area contributed by atoms with Crippen LogP contribution in [0.4, 0.5) is 0 Å². The van der Waals surface area contributed by atoms with E-state index in [0.29, 0.717) is 6.01 Å². The highest BCUT2D eigenvalue weighted by Crippen LogP contribution is 2.36. The van der Waals surface area contributed by atoms with E-state index in [9.17, 15) is 0 Å². The van der Waals surface area contributed by atoms with E-state index >= 15 is 0 Å². The van der Waals surface area contributed by atoms with Gasteiger partial charge in [0.15, 0.2) is 5.58 Å². The van der Waals surface area contributed by atoms with Crippen LogP contribution in [0.15, 0.2) is 51.4 Å². The molecule has 4 aromatic rings. The molecule has 0 spiro atoms. The molecule has 23 heavy (non-hydrogen) atoms. The Labute approximate surface area is 142 Å². The van der Waals surface area contributed by atoms with Crippen molar-refractivity contribution in [3.8, 4) is 6.01 Å². The molecular weight excluding hydrogens is 352 g/mol. The van der Waals surface area contributed by atoms with Gasteiger partial charge in [0.25, 0.3) is 0 Å². The Kier molecular flexibility index (Phi) is 2.89. The number of aryl methyl sites for hydroxylation is 1. The summed E-state index contributed by atoms with van der Waals surface area (Å²) < 4.78 is 9.39. The molecule has 5 rings (SSSR count). The van der Waals surface area contributed by atoms with Crippen molar-refractivity contribution in [3.63, 3.8) is 0 Å². The van der Waals surface area contributed by atoms with Gasteiger partial charge in [-0.3, -0.25) is 4.57 Å². The molecule has 0 amide bonds. The Balaban J connectivity index is 1.86. The normalized spacial score (nSPS) is 14.5. The van der Waals surface area contributed by atoms with Crippen molar-refractivity contribution in [2.75, 3.05) is 0 Å². The van der Waals surface area contributed by atoms with Gasteiger partial charge in [0.05, 0.1) is 5.52 Å². The number of para-hydroxylation sites is 2. The van der Waals surface area contributed by atoms with Crippen LogP contribution in [0.5, 0.6) is 0 Å². The van der Waals surface area contributed by atoms with Crippen LogP contribution in [0.1, 0.15) is 24.1 Å². The number of aromatic nitrogens is 2. The molecule has 0 unspecified atom stereocenters. The maximum atomic E-state index is 6.06. The summed E-state index contributed by atoms with van der Waals surface area (Å²) in [6.07, 6.45) is 4.70. The Morgan fingerprint density at radius 3 is 2.83 bits per heavy atom. The molecule has 0 saturated heterocycles. The van der Waals surface area contributed by atoms with Crippen LogP contribution in [0, 0.1) is 0 Å². The summed E-state index contributed by atoms with van der Waals surface area (Å²) in [5.41, 5.74) is 5.74. The Morgan fingerprint density at radius 2 is 1.91 bits per heavy atom. The standard InChI is InChI=1S/C19H15BrN2O/c20-12-9-10-17-14(11-12)13-5-1-3-7-16(13)22(17)19-21-15-6-2-4-8-18(15)23-19/h2,4,6,8-11H,1,3,5,7H2. The second-order valence-corrected chi connectivity index (χ2v) is 7.01. The molecule has 0 saturated carbocycles. The van der Waals surface area contributed by atoms with Crippen molar-refractivity contribution in [2.45, 2.75) is 25.7 Å². The summed E-state index contributed by atoms with van der Waals surface area (Å²) in [5.74, 6) is 0. The summed E-state index contributed by atoms with van der Waals surface area (Å²) in [6, 6.07) is 15.1. The van der Waals surface area contributed by atoms with Crippen LogP contribution in [-0.2, 0) is 12.8 Å². The lowest BCUT2D eigenvalue weighted by Crippen LogP contribution is -2.07. The zero-order chi connectivity index (χ0) is 15.4. The highest BCUT2D eigenvalue weighted by atomic mass is 79.9. The SMILES string of the molecule is Brc1ccc2c(c1)c1c(n2-c2nc3ccccc3o2)CCCC1. The lowest BCUT2D eigenvalue weighted by Gasteiger charge is -2.13. The van der Waals surface area contributed by atoms with Crippen LogP contribution in [0.25, 0.3) is 28.0 Å². The van der Waals surface area contributed by atoms with Crippen molar-refractivity contribution in [2.24, 2.45) is 0 Å². The topological polar surface area (TPSA) is 31.0 Å². The van der Waals surface area contributed by atoms with Gasteiger partial charge in [-0.2, -0.15) is 4.98 Å². The van der Waals surface area contributed by atoms with E-state index in [4.69, 9.17) is 9.40 Å². The second kappa shape index (κ2) is 4.96. The van der Waals surface area contributed by atoms with E-state index in [-0.39, 0.29) is 0 Å². The number of halogens is 1. The summed E-state index contributed by atoms with van der Waals surface area (Å²) in [5, 5.41) is 1.32.